The minimum Gasteiger partial charge on any atom is -0.354 e. The molecule has 0 saturated carbocycles. The lowest BCUT2D eigenvalue weighted by atomic mass is 10.1. The largest absolute Gasteiger partial charge is 0.354 e. The first kappa shape index (κ1) is 17.7. The fourth-order valence-corrected chi connectivity index (χ4v) is 3.56. The monoisotopic (exact) mass is 365 g/mol. The Balaban J connectivity index is 1.47. The van der Waals surface area contributed by atoms with Crippen molar-refractivity contribution in [3.63, 3.8) is 0 Å². The van der Waals surface area contributed by atoms with Gasteiger partial charge in [0.1, 0.15) is 11.6 Å². The predicted octanol–water partition coefficient (Wildman–Crippen LogP) is 3.25. The number of piperazine rings is 1. The minimum atomic E-state index is -0.219. The van der Waals surface area contributed by atoms with Crippen LogP contribution in [0.15, 0.2) is 48.8 Å². The fourth-order valence-electron chi connectivity index (χ4n) is 3.56. The summed E-state index contributed by atoms with van der Waals surface area (Å²) in [5.74, 6) is 0.754. The molecule has 27 heavy (non-hydrogen) atoms. The quantitative estimate of drug-likeness (QED) is 0.711. The Morgan fingerprint density at radius 2 is 1.78 bits per heavy atom. The lowest BCUT2D eigenvalue weighted by molar-refractivity contribution is 0.249. The summed E-state index contributed by atoms with van der Waals surface area (Å²) < 4.78 is 15.2. The van der Waals surface area contributed by atoms with Gasteiger partial charge in [0.2, 0.25) is 0 Å². The third-order valence-corrected chi connectivity index (χ3v) is 5.34. The van der Waals surface area contributed by atoms with Crippen molar-refractivity contribution in [2.24, 2.45) is 7.05 Å². The molecule has 1 saturated heterocycles. The summed E-state index contributed by atoms with van der Waals surface area (Å²) in [7, 11) is 1.98. The van der Waals surface area contributed by atoms with Crippen LogP contribution >= 0.6 is 0 Å². The maximum Gasteiger partial charge on any atom is 0.136 e. The number of hydrogen-bond acceptors (Lipinski definition) is 4. The molecule has 0 spiro atoms. The highest BCUT2D eigenvalue weighted by atomic mass is 19.1. The van der Waals surface area contributed by atoms with Crippen molar-refractivity contribution in [1.29, 1.82) is 0 Å². The Morgan fingerprint density at radius 1 is 1.04 bits per heavy atom. The summed E-state index contributed by atoms with van der Waals surface area (Å²) >= 11 is 0. The Kier molecular flexibility index (Phi) is 4.90. The Hall–Kier alpha value is -2.73. The van der Waals surface area contributed by atoms with Crippen LogP contribution in [0.3, 0.4) is 0 Å². The summed E-state index contributed by atoms with van der Waals surface area (Å²) in [5, 5.41) is 4.34. The summed E-state index contributed by atoms with van der Waals surface area (Å²) in [5.41, 5.74) is 4.55. The highest BCUT2D eigenvalue weighted by molar-refractivity contribution is 5.75. The molecule has 0 radical (unpaired) electrons. The first-order valence-corrected chi connectivity index (χ1v) is 9.27. The molecular weight excluding hydrogens is 341 g/mol. The van der Waals surface area contributed by atoms with E-state index in [0.29, 0.717) is 0 Å². The van der Waals surface area contributed by atoms with Crippen LogP contribution in [-0.2, 0) is 13.6 Å². The molecule has 140 valence electrons. The second kappa shape index (κ2) is 7.48. The Morgan fingerprint density at radius 3 is 2.44 bits per heavy atom. The first-order valence-electron chi connectivity index (χ1n) is 9.27. The van der Waals surface area contributed by atoms with E-state index in [1.807, 2.05) is 42.3 Å². The van der Waals surface area contributed by atoms with Gasteiger partial charge in [-0.25, -0.2) is 9.37 Å². The molecular formula is C21H24FN5. The van der Waals surface area contributed by atoms with Gasteiger partial charge < -0.3 is 4.90 Å². The van der Waals surface area contributed by atoms with E-state index in [4.69, 9.17) is 0 Å². The minimum absolute atomic E-state index is 0.219. The summed E-state index contributed by atoms with van der Waals surface area (Å²) in [6.07, 6.45) is 3.79. The van der Waals surface area contributed by atoms with E-state index in [1.54, 1.807) is 0 Å². The van der Waals surface area contributed by atoms with Crippen molar-refractivity contribution in [2.45, 2.75) is 13.5 Å². The molecule has 4 rings (SSSR count). The lowest BCUT2D eigenvalue weighted by Gasteiger charge is -2.36. The second-order valence-corrected chi connectivity index (χ2v) is 7.02. The normalized spacial score (nSPS) is 15.3. The molecule has 0 N–H and O–H groups in total. The van der Waals surface area contributed by atoms with E-state index < -0.39 is 0 Å². The van der Waals surface area contributed by atoms with E-state index >= 15 is 0 Å². The predicted molar refractivity (Wildman–Crippen MR) is 105 cm³/mol. The van der Waals surface area contributed by atoms with Crippen LogP contribution in [0.1, 0.15) is 11.3 Å². The third-order valence-electron chi connectivity index (χ3n) is 5.34. The molecule has 1 fully saturated rings. The second-order valence-electron chi connectivity index (χ2n) is 7.02. The van der Waals surface area contributed by atoms with Crippen molar-refractivity contribution in [3.05, 3.63) is 65.9 Å². The third kappa shape index (κ3) is 3.71. The van der Waals surface area contributed by atoms with E-state index in [2.05, 4.69) is 32.9 Å². The van der Waals surface area contributed by atoms with Crippen LogP contribution in [0.5, 0.6) is 0 Å². The summed E-state index contributed by atoms with van der Waals surface area (Å²) in [6, 6.07) is 10.6. The van der Waals surface area contributed by atoms with E-state index in [0.717, 1.165) is 49.7 Å². The van der Waals surface area contributed by atoms with E-state index in [9.17, 15) is 4.39 Å². The average molecular weight is 365 g/mol. The van der Waals surface area contributed by atoms with Crippen molar-refractivity contribution < 1.29 is 4.39 Å². The highest BCUT2D eigenvalue weighted by Gasteiger charge is 2.21. The Bertz CT molecular complexity index is 911. The lowest BCUT2D eigenvalue weighted by Crippen LogP contribution is -2.46. The molecule has 0 unspecified atom stereocenters. The molecule has 0 aliphatic carbocycles. The van der Waals surface area contributed by atoms with Crippen LogP contribution in [0, 0.1) is 12.7 Å². The molecule has 0 atom stereocenters. The van der Waals surface area contributed by atoms with E-state index in [-0.39, 0.29) is 5.82 Å². The average Bonchev–Trinajstić information content (AvgIpc) is 3.01. The smallest absolute Gasteiger partial charge is 0.136 e. The number of rotatable bonds is 4. The number of pyridine rings is 1. The van der Waals surface area contributed by atoms with Crippen molar-refractivity contribution in [1.82, 2.24) is 19.7 Å². The number of aryl methyl sites for hydroxylation is 1. The molecule has 6 heteroatoms. The van der Waals surface area contributed by atoms with Gasteiger partial charge in [-0.15, -0.1) is 0 Å². The number of anilines is 1. The number of hydrogen-bond donors (Lipinski definition) is 0. The zero-order chi connectivity index (χ0) is 18.8. The van der Waals surface area contributed by atoms with Crippen LogP contribution in [0.4, 0.5) is 10.2 Å². The number of nitrogens with zero attached hydrogens (tertiary/aromatic N) is 5. The van der Waals surface area contributed by atoms with Gasteiger partial charge in [-0.3, -0.25) is 9.58 Å². The van der Waals surface area contributed by atoms with Gasteiger partial charge in [-0.1, -0.05) is 12.1 Å². The molecule has 0 bridgehead atoms. The summed E-state index contributed by atoms with van der Waals surface area (Å²) in [6.45, 7) is 6.85. The van der Waals surface area contributed by atoms with E-state index in [1.165, 1.54) is 23.4 Å². The van der Waals surface area contributed by atoms with Crippen LogP contribution < -0.4 is 4.90 Å². The molecule has 3 aromatic rings. The van der Waals surface area contributed by atoms with Crippen molar-refractivity contribution in [2.75, 3.05) is 31.1 Å². The van der Waals surface area contributed by atoms with Crippen LogP contribution in [-0.4, -0.2) is 45.8 Å². The van der Waals surface area contributed by atoms with Crippen molar-refractivity contribution in [3.8, 4) is 11.1 Å². The Labute approximate surface area is 159 Å². The zero-order valence-corrected chi connectivity index (χ0v) is 15.8. The van der Waals surface area contributed by atoms with Gasteiger partial charge in [0.25, 0.3) is 0 Å². The van der Waals surface area contributed by atoms with Gasteiger partial charge in [-0.05, 0) is 36.8 Å². The van der Waals surface area contributed by atoms with Gasteiger partial charge in [0.15, 0.2) is 0 Å². The molecule has 1 aliphatic heterocycles. The maximum absolute atomic E-state index is 13.3. The van der Waals surface area contributed by atoms with Crippen LogP contribution in [0.25, 0.3) is 11.1 Å². The summed E-state index contributed by atoms with van der Waals surface area (Å²) in [4.78, 5) is 9.41. The highest BCUT2D eigenvalue weighted by Crippen LogP contribution is 2.29. The van der Waals surface area contributed by atoms with Gasteiger partial charge in [-0.2, -0.15) is 5.10 Å². The van der Waals surface area contributed by atoms with Crippen molar-refractivity contribution >= 4 is 5.82 Å². The van der Waals surface area contributed by atoms with Gasteiger partial charge in [0, 0.05) is 62.8 Å². The molecule has 1 aliphatic rings. The molecule has 2 aromatic heterocycles. The zero-order valence-electron chi connectivity index (χ0n) is 15.8. The first-order chi connectivity index (χ1) is 13.1. The molecule has 5 nitrogen and oxygen atoms in total. The molecule has 0 amide bonds. The van der Waals surface area contributed by atoms with Gasteiger partial charge >= 0.3 is 0 Å². The maximum atomic E-state index is 13.3. The number of aromatic nitrogens is 3. The standard InChI is InChI=1S/C21H24FN5/c1-16-18(14-24-25(16)2)15-26-10-12-27(13-11-26)21-20(4-3-9-23-21)17-5-7-19(22)8-6-17/h3-9,14H,10-13,15H2,1-2H3. The van der Waals surface area contributed by atoms with Crippen LogP contribution in [0.2, 0.25) is 0 Å². The topological polar surface area (TPSA) is 37.2 Å². The number of halogens is 1. The van der Waals surface area contributed by atoms with Gasteiger partial charge in [0.05, 0.1) is 6.20 Å². The number of benzene rings is 1. The molecule has 1 aromatic carbocycles. The fraction of sp³-hybridized carbons (Fsp3) is 0.333. The molecule has 3 heterocycles. The SMILES string of the molecule is Cc1c(CN2CCN(c3ncccc3-c3ccc(F)cc3)CC2)cnn1C.